The summed E-state index contributed by atoms with van der Waals surface area (Å²) in [5.74, 6) is 0.374. The number of methoxy groups -OCH3 is 1. The number of phenolic OH excluding ortho intramolecular Hbond substituents is 1. The molecule has 0 aliphatic rings. The van der Waals surface area contributed by atoms with Gasteiger partial charge in [0.2, 0.25) is 0 Å². The highest BCUT2D eigenvalue weighted by atomic mass is 79.9. The topological polar surface area (TPSA) is 29.5 Å². The Balaban J connectivity index is 2.20. The van der Waals surface area contributed by atoms with Gasteiger partial charge >= 0.3 is 0 Å². The van der Waals surface area contributed by atoms with Gasteiger partial charge in [-0.25, -0.2) is 0 Å². The number of benzene rings is 2. The molecule has 0 unspecified atom stereocenters. The van der Waals surface area contributed by atoms with Crippen molar-refractivity contribution in [2.45, 2.75) is 6.42 Å². The van der Waals surface area contributed by atoms with E-state index in [1.54, 1.807) is 24.3 Å². The van der Waals surface area contributed by atoms with Crippen molar-refractivity contribution >= 4 is 33.6 Å². The van der Waals surface area contributed by atoms with Gasteiger partial charge in [0.25, 0.3) is 0 Å². The monoisotopic (exact) mass is 355 g/mol. The van der Waals surface area contributed by atoms with Crippen LogP contribution < -0.4 is 4.74 Å². The van der Waals surface area contributed by atoms with Gasteiger partial charge in [0.1, 0.15) is 11.5 Å². The van der Waals surface area contributed by atoms with Crippen LogP contribution in [0, 0.1) is 0 Å². The van der Waals surface area contributed by atoms with Gasteiger partial charge in [0.15, 0.2) is 0 Å². The molecule has 0 heterocycles. The second-order valence-corrected chi connectivity index (χ2v) is 5.43. The fraction of sp³-hybridized carbons (Fsp3) is 0.125. The average Bonchev–Trinajstić information content (AvgIpc) is 2.44. The Hall–Kier alpha value is -1.45. The van der Waals surface area contributed by atoms with E-state index in [-0.39, 0.29) is 11.5 Å². The van der Waals surface area contributed by atoms with Gasteiger partial charge < -0.3 is 9.84 Å². The first-order valence-corrected chi connectivity index (χ1v) is 7.05. The maximum absolute atomic E-state index is 9.94. The molecule has 0 aromatic heterocycles. The van der Waals surface area contributed by atoms with Gasteiger partial charge in [-0.3, -0.25) is 0 Å². The second-order valence-electron chi connectivity index (χ2n) is 4.14. The Kier molecular flexibility index (Phi) is 3.83. The van der Waals surface area contributed by atoms with Gasteiger partial charge in [0, 0.05) is 10.6 Å². The molecule has 0 bridgehead atoms. The summed E-state index contributed by atoms with van der Waals surface area (Å²) in [6, 6.07) is 10.2. The van der Waals surface area contributed by atoms with Gasteiger partial charge in [-0.15, -0.1) is 0 Å². The highest BCUT2D eigenvalue weighted by Crippen LogP contribution is 2.28. The highest BCUT2D eigenvalue weighted by Gasteiger charge is 2.03. The van der Waals surface area contributed by atoms with Crippen LogP contribution in [-0.2, 0) is 6.42 Å². The Morgan fingerprint density at radius 2 is 2.25 bits per heavy atom. The minimum Gasteiger partial charge on any atom is -0.506 e. The fourth-order valence-corrected chi connectivity index (χ4v) is 2.34. The third kappa shape index (κ3) is 3.56. The standard InChI is InChI=1S/C16H14BrClO2/c1-20-15-10-13(18)9-8-11(15)4-2-5-12-6-3-7-14(17)16(12)19/h2-4,6-10,19H,5H2,1H3/i1D3. The normalized spacial score (nSPS) is 13.8. The smallest absolute Gasteiger partial charge is 0.133 e. The number of rotatable bonds is 4. The number of aromatic hydroxyl groups is 1. The second kappa shape index (κ2) is 6.82. The van der Waals surface area contributed by atoms with E-state index < -0.39 is 7.04 Å². The summed E-state index contributed by atoms with van der Waals surface area (Å²) in [6.45, 7) is 0. The van der Waals surface area contributed by atoms with Crippen molar-refractivity contribution in [3.05, 3.63) is 63.1 Å². The van der Waals surface area contributed by atoms with Crippen LogP contribution in [0.1, 0.15) is 15.2 Å². The molecule has 0 amide bonds. The number of para-hydroxylation sites is 1. The lowest BCUT2D eigenvalue weighted by atomic mass is 10.1. The van der Waals surface area contributed by atoms with Crippen LogP contribution in [0.25, 0.3) is 6.08 Å². The summed E-state index contributed by atoms with van der Waals surface area (Å²) >= 11 is 9.15. The van der Waals surface area contributed by atoms with Crippen LogP contribution in [0.2, 0.25) is 5.02 Å². The number of halogens is 2. The van der Waals surface area contributed by atoms with Crippen LogP contribution in [0.5, 0.6) is 11.5 Å². The van der Waals surface area contributed by atoms with Crippen LogP contribution in [0.15, 0.2) is 46.9 Å². The molecule has 0 spiro atoms. The molecular weight excluding hydrogens is 340 g/mol. The summed E-state index contributed by atoms with van der Waals surface area (Å²) in [6.07, 6.45) is 4.04. The Morgan fingerprint density at radius 1 is 1.40 bits per heavy atom. The van der Waals surface area contributed by atoms with Gasteiger partial charge in [-0.1, -0.05) is 35.9 Å². The molecule has 1 N–H and O–H groups in total. The first kappa shape index (κ1) is 11.2. The molecule has 0 fully saturated rings. The van der Waals surface area contributed by atoms with E-state index in [0.29, 0.717) is 21.5 Å². The van der Waals surface area contributed by atoms with Crippen molar-refractivity contribution in [2.24, 2.45) is 0 Å². The van der Waals surface area contributed by atoms with E-state index in [0.717, 1.165) is 5.56 Å². The SMILES string of the molecule is [2H]C([2H])([2H])Oc1cc(Cl)ccc1C=CCc1cccc(Br)c1O. The van der Waals surface area contributed by atoms with E-state index in [1.165, 1.54) is 6.07 Å². The number of ether oxygens (including phenoxy) is 1. The number of hydrogen-bond donors (Lipinski definition) is 1. The molecular formula is C16H14BrClO2. The predicted molar refractivity (Wildman–Crippen MR) is 86.5 cm³/mol. The lowest BCUT2D eigenvalue weighted by Crippen LogP contribution is -1.87. The zero-order valence-corrected chi connectivity index (χ0v) is 12.8. The molecule has 2 aromatic rings. The summed E-state index contributed by atoms with van der Waals surface area (Å²) in [5.41, 5.74) is 1.35. The molecule has 104 valence electrons. The highest BCUT2D eigenvalue weighted by molar-refractivity contribution is 9.10. The summed E-state index contributed by atoms with van der Waals surface area (Å²) in [4.78, 5) is 0. The molecule has 0 aliphatic heterocycles. The zero-order valence-electron chi connectivity index (χ0n) is 13.4. The Morgan fingerprint density at radius 3 is 3.05 bits per heavy atom. The lowest BCUT2D eigenvalue weighted by molar-refractivity contribution is 0.414. The molecule has 20 heavy (non-hydrogen) atoms. The molecule has 0 aliphatic carbocycles. The molecule has 2 rings (SSSR count). The average molecular weight is 357 g/mol. The van der Waals surface area contributed by atoms with Gasteiger partial charge in [-0.2, -0.15) is 0 Å². The third-order valence-corrected chi connectivity index (χ3v) is 3.67. The summed E-state index contributed by atoms with van der Waals surface area (Å²) in [5, 5.41) is 10.3. The zero-order chi connectivity index (χ0) is 17.0. The maximum Gasteiger partial charge on any atom is 0.133 e. The van der Waals surface area contributed by atoms with E-state index in [1.807, 2.05) is 18.2 Å². The van der Waals surface area contributed by atoms with E-state index in [2.05, 4.69) is 15.9 Å². The van der Waals surface area contributed by atoms with Gasteiger partial charge in [-0.05, 0) is 52.2 Å². The van der Waals surface area contributed by atoms with Crippen LogP contribution in [0.3, 0.4) is 0 Å². The van der Waals surface area contributed by atoms with Crippen molar-refractivity contribution in [1.29, 1.82) is 0 Å². The van der Waals surface area contributed by atoms with Crippen molar-refractivity contribution in [1.82, 2.24) is 0 Å². The molecule has 4 heteroatoms. The first-order valence-electron chi connectivity index (χ1n) is 7.38. The van der Waals surface area contributed by atoms with Crippen molar-refractivity contribution < 1.29 is 14.0 Å². The lowest BCUT2D eigenvalue weighted by Gasteiger charge is -2.05. The third-order valence-electron chi connectivity index (χ3n) is 2.79. The minimum atomic E-state index is -2.55. The van der Waals surface area contributed by atoms with Crippen LogP contribution >= 0.6 is 27.5 Å². The van der Waals surface area contributed by atoms with Gasteiger partial charge in [0.05, 0.1) is 15.6 Å². The van der Waals surface area contributed by atoms with Crippen molar-refractivity contribution in [2.75, 3.05) is 7.04 Å². The van der Waals surface area contributed by atoms with Crippen LogP contribution in [-0.4, -0.2) is 12.1 Å². The van der Waals surface area contributed by atoms with Crippen molar-refractivity contribution in [3.63, 3.8) is 0 Å². The minimum absolute atomic E-state index is 0.187. The fourth-order valence-electron chi connectivity index (χ4n) is 1.77. The largest absolute Gasteiger partial charge is 0.506 e. The van der Waals surface area contributed by atoms with E-state index >= 15 is 0 Å². The molecule has 2 aromatic carbocycles. The first-order chi connectivity index (χ1) is 10.8. The number of allylic oxidation sites excluding steroid dienone is 1. The summed E-state index contributed by atoms with van der Waals surface area (Å²) in [7, 11) is -2.55. The van der Waals surface area contributed by atoms with E-state index in [4.69, 9.17) is 20.5 Å². The molecule has 2 nitrogen and oxygen atoms in total. The predicted octanol–water partition coefficient (Wildman–Crippen LogP) is 5.07. The number of phenols is 1. The molecule has 0 radical (unpaired) electrons. The molecule has 0 saturated carbocycles. The van der Waals surface area contributed by atoms with Crippen LogP contribution in [0.4, 0.5) is 0 Å². The molecule has 0 atom stereocenters. The number of hydrogen-bond acceptors (Lipinski definition) is 2. The Bertz CT molecular complexity index is 730. The van der Waals surface area contributed by atoms with E-state index in [9.17, 15) is 5.11 Å². The van der Waals surface area contributed by atoms with Crippen molar-refractivity contribution in [3.8, 4) is 11.5 Å². The summed E-state index contributed by atoms with van der Waals surface area (Å²) < 4.78 is 27.2. The Labute approximate surface area is 136 Å². The molecule has 0 saturated heterocycles. The quantitative estimate of drug-likeness (QED) is 0.828. The maximum atomic E-state index is 9.94.